The van der Waals surface area contributed by atoms with Gasteiger partial charge in [-0.3, -0.25) is 4.79 Å². The zero-order chi connectivity index (χ0) is 12.1. The average molecular weight is 225 g/mol. The number of nitrogens with one attached hydrogen (secondary N) is 1. The third kappa shape index (κ3) is 2.85. The second-order valence-corrected chi connectivity index (χ2v) is 3.69. The molecule has 0 spiro atoms. The Kier molecular flexibility index (Phi) is 4.10. The SMILES string of the molecule is CCC(C)C(NC(=O)c1ccoc1)C(=O)O. The maximum Gasteiger partial charge on any atom is 0.326 e. The molecule has 5 heteroatoms. The largest absolute Gasteiger partial charge is 0.480 e. The average Bonchev–Trinajstić information content (AvgIpc) is 2.77. The van der Waals surface area contributed by atoms with E-state index in [0.717, 1.165) is 0 Å². The summed E-state index contributed by atoms with van der Waals surface area (Å²) >= 11 is 0. The Balaban J connectivity index is 2.69. The molecule has 88 valence electrons. The van der Waals surface area contributed by atoms with E-state index in [1.165, 1.54) is 18.6 Å². The van der Waals surface area contributed by atoms with E-state index in [-0.39, 0.29) is 5.92 Å². The van der Waals surface area contributed by atoms with Gasteiger partial charge in [0.15, 0.2) is 0 Å². The lowest BCUT2D eigenvalue weighted by Gasteiger charge is -2.19. The van der Waals surface area contributed by atoms with Gasteiger partial charge in [0, 0.05) is 0 Å². The first-order valence-electron chi connectivity index (χ1n) is 5.12. The maximum absolute atomic E-state index is 11.6. The number of hydrogen-bond donors (Lipinski definition) is 2. The number of carboxylic acids is 1. The Morgan fingerprint density at radius 2 is 2.25 bits per heavy atom. The summed E-state index contributed by atoms with van der Waals surface area (Å²) in [7, 11) is 0. The Hall–Kier alpha value is -1.78. The van der Waals surface area contributed by atoms with E-state index in [2.05, 4.69) is 5.32 Å². The third-order valence-electron chi connectivity index (χ3n) is 2.55. The molecule has 0 aliphatic heterocycles. The lowest BCUT2D eigenvalue weighted by molar-refractivity contribution is -0.140. The predicted molar refractivity (Wildman–Crippen MR) is 57.1 cm³/mol. The Labute approximate surface area is 93.4 Å². The number of aliphatic carboxylic acids is 1. The van der Waals surface area contributed by atoms with E-state index in [1.54, 1.807) is 6.92 Å². The first-order chi connectivity index (χ1) is 7.56. The monoisotopic (exact) mass is 225 g/mol. The van der Waals surface area contributed by atoms with Crippen molar-refractivity contribution in [3.63, 3.8) is 0 Å². The molecule has 0 saturated heterocycles. The van der Waals surface area contributed by atoms with Crippen molar-refractivity contribution in [2.75, 3.05) is 0 Å². The molecule has 0 aliphatic carbocycles. The molecule has 1 aromatic rings. The number of hydrogen-bond acceptors (Lipinski definition) is 3. The zero-order valence-corrected chi connectivity index (χ0v) is 9.27. The Bertz CT molecular complexity index is 358. The van der Waals surface area contributed by atoms with Crippen LogP contribution in [-0.2, 0) is 4.79 Å². The van der Waals surface area contributed by atoms with Crippen molar-refractivity contribution in [1.82, 2.24) is 5.32 Å². The summed E-state index contributed by atoms with van der Waals surface area (Å²) in [5.74, 6) is -1.57. The topological polar surface area (TPSA) is 79.5 Å². The Morgan fingerprint density at radius 3 is 2.69 bits per heavy atom. The van der Waals surface area contributed by atoms with E-state index < -0.39 is 17.9 Å². The van der Waals surface area contributed by atoms with Gasteiger partial charge in [-0.05, 0) is 12.0 Å². The fourth-order valence-corrected chi connectivity index (χ4v) is 1.30. The molecule has 16 heavy (non-hydrogen) atoms. The van der Waals surface area contributed by atoms with Gasteiger partial charge >= 0.3 is 5.97 Å². The Morgan fingerprint density at radius 1 is 1.56 bits per heavy atom. The minimum atomic E-state index is -1.02. The van der Waals surface area contributed by atoms with Crippen LogP contribution in [0.5, 0.6) is 0 Å². The van der Waals surface area contributed by atoms with Crippen molar-refractivity contribution in [2.24, 2.45) is 5.92 Å². The van der Waals surface area contributed by atoms with Gasteiger partial charge in [0.2, 0.25) is 0 Å². The van der Waals surface area contributed by atoms with E-state index >= 15 is 0 Å². The van der Waals surface area contributed by atoms with Crippen molar-refractivity contribution in [1.29, 1.82) is 0 Å². The van der Waals surface area contributed by atoms with Crippen molar-refractivity contribution < 1.29 is 19.1 Å². The summed E-state index contributed by atoms with van der Waals surface area (Å²) in [4.78, 5) is 22.6. The molecule has 0 aromatic carbocycles. The molecule has 2 atom stereocenters. The number of carboxylic acid groups (broad SMARTS) is 1. The van der Waals surface area contributed by atoms with Crippen LogP contribution in [0.2, 0.25) is 0 Å². The molecule has 0 bridgehead atoms. The van der Waals surface area contributed by atoms with Crippen LogP contribution in [0, 0.1) is 5.92 Å². The molecule has 2 N–H and O–H groups in total. The summed E-state index contributed by atoms with van der Waals surface area (Å²) < 4.78 is 4.76. The van der Waals surface area contributed by atoms with Crippen molar-refractivity contribution in [3.05, 3.63) is 24.2 Å². The van der Waals surface area contributed by atoms with Gasteiger partial charge in [-0.1, -0.05) is 20.3 Å². The highest BCUT2D eigenvalue weighted by Crippen LogP contribution is 2.09. The fourth-order valence-electron chi connectivity index (χ4n) is 1.30. The minimum Gasteiger partial charge on any atom is -0.480 e. The number of rotatable bonds is 5. The predicted octanol–water partition coefficient (Wildman–Crippen LogP) is 1.51. The van der Waals surface area contributed by atoms with Gasteiger partial charge in [-0.2, -0.15) is 0 Å². The molecule has 1 rings (SSSR count). The first kappa shape index (κ1) is 12.3. The normalized spacial score (nSPS) is 14.1. The molecule has 0 fully saturated rings. The summed E-state index contributed by atoms with van der Waals surface area (Å²) in [6.07, 6.45) is 3.33. The molecule has 1 amide bonds. The van der Waals surface area contributed by atoms with Crippen LogP contribution in [0.4, 0.5) is 0 Å². The van der Waals surface area contributed by atoms with E-state index in [1.807, 2.05) is 6.92 Å². The smallest absolute Gasteiger partial charge is 0.326 e. The van der Waals surface area contributed by atoms with Gasteiger partial charge in [0.1, 0.15) is 12.3 Å². The van der Waals surface area contributed by atoms with Gasteiger partial charge in [-0.15, -0.1) is 0 Å². The zero-order valence-electron chi connectivity index (χ0n) is 9.27. The van der Waals surface area contributed by atoms with Crippen LogP contribution < -0.4 is 5.32 Å². The second-order valence-electron chi connectivity index (χ2n) is 3.69. The van der Waals surface area contributed by atoms with Gasteiger partial charge in [0.25, 0.3) is 5.91 Å². The number of carbonyl (C=O) groups is 2. The van der Waals surface area contributed by atoms with Crippen molar-refractivity contribution in [2.45, 2.75) is 26.3 Å². The van der Waals surface area contributed by atoms with Gasteiger partial charge in [-0.25, -0.2) is 4.79 Å². The minimum absolute atomic E-state index is 0.117. The van der Waals surface area contributed by atoms with Crippen LogP contribution in [-0.4, -0.2) is 23.0 Å². The summed E-state index contributed by atoms with van der Waals surface area (Å²) in [5, 5.41) is 11.5. The highest BCUT2D eigenvalue weighted by molar-refractivity contribution is 5.96. The number of furan rings is 1. The lowest BCUT2D eigenvalue weighted by Crippen LogP contribution is -2.44. The molecule has 1 heterocycles. The van der Waals surface area contributed by atoms with E-state index in [4.69, 9.17) is 9.52 Å². The standard InChI is InChI=1S/C11H15NO4/c1-3-7(2)9(11(14)15)12-10(13)8-4-5-16-6-8/h4-7,9H,3H2,1-2H3,(H,12,13)(H,14,15). The van der Waals surface area contributed by atoms with Crippen molar-refractivity contribution >= 4 is 11.9 Å². The van der Waals surface area contributed by atoms with Crippen LogP contribution in [0.3, 0.4) is 0 Å². The van der Waals surface area contributed by atoms with Crippen LogP contribution >= 0.6 is 0 Å². The van der Waals surface area contributed by atoms with E-state index in [9.17, 15) is 9.59 Å². The summed E-state index contributed by atoms with van der Waals surface area (Å²) in [5.41, 5.74) is 0.328. The molecule has 1 aromatic heterocycles. The molecule has 0 aliphatic rings. The number of carbonyl (C=O) groups excluding carboxylic acids is 1. The van der Waals surface area contributed by atoms with Crippen LogP contribution in [0.1, 0.15) is 30.6 Å². The van der Waals surface area contributed by atoms with Gasteiger partial charge in [0.05, 0.1) is 11.8 Å². The summed E-state index contributed by atoms with van der Waals surface area (Å²) in [6, 6.07) is 0.623. The lowest BCUT2D eigenvalue weighted by atomic mass is 9.99. The quantitative estimate of drug-likeness (QED) is 0.796. The highest BCUT2D eigenvalue weighted by Gasteiger charge is 2.25. The van der Waals surface area contributed by atoms with Gasteiger partial charge < -0.3 is 14.8 Å². The van der Waals surface area contributed by atoms with E-state index in [0.29, 0.717) is 12.0 Å². The molecule has 0 saturated carbocycles. The molecular weight excluding hydrogens is 210 g/mol. The first-order valence-corrected chi connectivity index (χ1v) is 5.12. The molecule has 0 radical (unpaired) electrons. The molecule has 2 unspecified atom stereocenters. The fraction of sp³-hybridized carbons (Fsp3) is 0.455. The van der Waals surface area contributed by atoms with Crippen LogP contribution in [0.25, 0.3) is 0 Å². The second kappa shape index (κ2) is 5.34. The number of amides is 1. The van der Waals surface area contributed by atoms with Crippen LogP contribution in [0.15, 0.2) is 23.0 Å². The highest BCUT2D eigenvalue weighted by atomic mass is 16.4. The molecule has 5 nitrogen and oxygen atoms in total. The molecular formula is C11H15NO4. The third-order valence-corrected chi connectivity index (χ3v) is 2.55. The maximum atomic E-state index is 11.6. The summed E-state index contributed by atoms with van der Waals surface area (Å²) in [6.45, 7) is 3.67. The van der Waals surface area contributed by atoms with Crippen molar-refractivity contribution in [3.8, 4) is 0 Å².